The number of ether oxygens (including phenoxy) is 3. The largest absolute Gasteiger partial charge is 0.504 e. The van der Waals surface area contributed by atoms with Gasteiger partial charge in [-0.2, -0.15) is 0 Å². The first-order valence-corrected chi connectivity index (χ1v) is 7.73. The number of methoxy groups -OCH3 is 1. The first-order chi connectivity index (χ1) is 12.3. The van der Waals surface area contributed by atoms with E-state index in [-0.39, 0.29) is 24.4 Å². The number of aliphatic hydroxyl groups excluding tert-OH is 2. The molecule has 2 unspecified atom stereocenters. The van der Waals surface area contributed by atoms with Crippen molar-refractivity contribution in [1.29, 1.82) is 0 Å². The normalized spacial score (nSPS) is 28.5. The van der Waals surface area contributed by atoms with Gasteiger partial charge in [-0.1, -0.05) is 6.07 Å². The Morgan fingerprint density at radius 2 is 2.04 bits per heavy atom. The van der Waals surface area contributed by atoms with Gasteiger partial charge in [0.1, 0.15) is 12.2 Å². The number of rotatable bonds is 6. The molecule has 26 heavy (non-hydrogen) atoms. The van der Waals surface area contributed by atoms with Crippen LogP contribution in [0.4, 0.5) is 0 Å². The molecule has 1 aliphatic carbocycles. The molecule has 9 nitrogen and oxygen atoms in total. The number of hydrogen-bond donors (Lipinski definition) is 4. The highest BCUT2D eigenvalue weighted by atomic mass is 16.6. The molecule has 0 aliphatic heterocycles. The Balaban J connectivity index is 2.04. The lowest BCUT2D eigenvalue weighted by molar-refractivity contribution is -0.254. The van der Waals surface area contributed by atoms with Crippen LogP contribution in [0.2, 0.25) is 0 Å². The summed E-state index contributed by atoms with van der Waals surface area (Å²) in [6, 6.07) is 4.43. The van der Waals surface area contributed by atoms with Gasteiger partial charge in [-0.15, -0.1) is 0 Å². The van der Waals surface area contributed by atoms with E-state index in [1.165, 1.54) is 31.4 Å². The second kappa shape index (κ2) is 8.17. The first-order valence-electron chi connectivity index (χ1n) is 7.73. The molecule has 0 aromatic heterocycles. The second-order valence-electron chi connectivity index (χ2n) is 5.87. The summed E-state index contributed by atoms with van der Waals surface area (Å²) in [5.74, 6) is -2.70. The number of benzene rings is 1. The smallest absolute Gasteiger partial charge is 0.331 e. The molecule has 0 amide bonds. The molecule has 4 N–H and O–H groups in total. The van der Waals surface area contributed by atoms with Gasteiger partial charge < -0.3 is 34.6 Å². The number of carbonyl (C=O) groups excluding carboxylic acids is 2. The number of phenols is 1. The minimum absolute atomic E-state index is 0.0153. The zero-order chi connectivity index (χ0) is 19.3. The van der Waals surface area contributed by atoms with Crippen molar-refractivity contribution in [2.75, 3.05) is 7.11 Å². The van der Waals surface area contributed by atoms with Gasteiger partial charge in [0.15, 0.2) is 11.5 Å². The number of carbonyl (C=O) groups is 2. The van der Waals surface area contributed by atoms with Crippen molar-refractivity contribution in [3.05, 3.63) is 29.8 Å². The lowest BCUT2D eigenvalue weighted by Crippen LogP contribution is -2.54. The van der Waals surface area contributed by atoms with Crippen molar-refractivity contribution in [2.24, 2.45) is 0 Å². The van der Waals surface area contributed by atoms with Gasteiger partial charge in [0.25, 0.3) is 6.47 Å². The van der Waals surface area contributed by atoms with Crippen LogP contribution in [0, 0.1) is 0 Å². The van der Waals surface area contributed by atoms with Crippen molar-refractivity contribution in [3.8, 4) is 11.5 Å². The molecule has 9 heteroatoms. The fourth-order valence-electron chi connectivity index (χ4n) is 2.66. The predicted molar refractivity (Wildman–Crippen MR) is 86.9 cm³/mol. The monoisotopic (exact) mass is 368 g/mol. The van der Waals surface area contributed by atoms with E-state index in [0.29, 0.717) is 5.56 Å². The van der Waals surface area contributed by atoms with E-state index < -0.39 is 36.5 Å². The third-order valence-electron chi connectivity index (χ3n) is 3.97. The average molecular weight is 368 g/mol. The molecule has 142 valence electrons. The summed E-state index contributed by atoms with van der Waals surface area (Å²) >= 11 is 0. The number of aliphatic hydroxyl groups is 3. The van der Waals surface area contributed by atoms with Crippen LogP contribution in [0.3, 0.4) is 0 Å². The van der Waals surface area contributed by atoms with Gasteiger partial charge >= 0.3 is 5.97 Å². The molecule has 0 spiro atoms. The zero-order valence-electron chi connectivity index (χ0n) is 13.9. The van der Waals surface area contributed by atoms with Crippen LogP contribution in [0.1, 0.15) is 18.4 Å². The Bertz CT molecular complexity index is 687. The maximum atomic E-state index is 12.0. The van der Waals surface area contributed by atoms with Crippen molar-refractivity contribution < 1.29 is 44.2 Å². The minimum Gasteiger partial charge on any atom is -0.504 e. The van der Waals surface area contributed by atoms with Crippen molar-refractivity contribution in [2.45, 2.75) is 36.9 Å². The topological polar surface area (TPSA) is 143 Å². The van der Waals surface area contributed by atoms with Crippen LogP contribution < -0.4 is 4.74 Å². The molecule has 2 rings (SSSR count). The summed E-state index contributed by atoms with van der Waals surface area (Å²) in [5.41, 5.74) is 0.543. The van der Waals surface area contributed by atoms with E-state index in [0.717, 1.165) is 6.08 Å². The zero-order valence-corrected chi connectivity index (χ0v) is 13.9. The quantitative estimate of drug-likeness (QED) is 0.230. The molecule has 0 saturated heterocycles. The van der Waals surface area contributed by atoms with E-state index in [9.17, 15) is 30.0 Å². The van der Waals surface area contributed by atoms with Crippen LogP contribution in [0.15, 0.2) is 24.3 Å². The summed E-state index contributed by atoms with van der Waals surface area (Å²) in [7, 11) is 1.38. The summed E-state index contributed by atoms with van der Waals surface area (Å²) in [6.07, 6.45) is -2.45. The number of esters is 1. The molecular formula is C17H20O9. The van der Waals surface area contributed by atoms with Gasteiger partial charge in [-0.25, -0.2) is 4.79 Å². The third kappa shape index (κ3) is 4.72. The Morgan fingerprint density at radius 1 is 1.31 bits per heavy atom. The maximum Gasteiger partial charge on any atom is 0.331 e. The van der Waals surface area contributed by atoms with E-state index in [1.807, 2.05) is 0 Å². The lowest BCUT2D eigenvalue weighted by atomic mass is 9.87. The Hall–Kier alpha value is -2.62. The summed E-state index contributed by atoms with van der Waals surface area (Å²) in [4.78, 5) is 22.4. The van der Waals surface area contributed by atoms with Crippen LogP contribution in [-0.2, 0) is 19.1 Å². The molecule has 0 radical (unpaired) electrons. The number of hydrogen-bond acceptors (Lipinski definition) is 9. The Morgan fingerprint density at radius 3 is 2.69 bits per heavy atom. The van der Waals surface area contributed by atoms with E-state index >= 15 is 0 Å². The third-order valence-corrected chi connectivity index (χ3v) is 3.97. The molecule has 4 atom stereocenters. The molecular weight excluding hydrogens is 348 g/mol. The standard InChI is InChI=1S/C17H20O9/c1-24-13-6-10(2-4-11(13)19)3-5-15(21)26-14-8-17(23,25-9-18)7-12(20)16(14)22/h2-6,9,12,14,16,19-20,22-23H,7-8H2,1H3/t12?,14?,16-,17-/m0/s1. The van der Waals surface area contributed by atoms with Crippen molar-refractivity contribution >= 4 is 18.5 Å². The van der Waals surface area contributed by atoms with E-state index in [4.69, 9.17) is 9.47 Å². The lowest BCUT2D eigenvalue weighted by Gasteiger charge is -2.39. The molecule has 1 aromatic rings. The van der Waals surface area contributed by atoms with Crippen LogP contribution in [-0.4, -0.2) is 64.1 Å². The van der Waals surface area contributed by atoms with Crippen molar-refractivity contribution in [3.63, 3.8) is 0 Å². The van der Waals surface area contributed by atoms with Crippen LogP contribution in [0.5, 0.6) is 11.5 Å². The predicted octanol–water partition coefficient (Wildman–Crippen LogP) is -0.297. The molecule has 1 saturated carbocycles. The summed E-state index contributed by atoms with van der Waals surface area (Å²) in [6.45, 7) is 0.0153. The molecule has 0 bridgehead atoms. The Labute approximate surface area is 149 Å². The average Bonchev–Trinajstić information content (AvgIpc) is 2.58. The van der Waals surface area contributed by atoms with Crippen molar-refractivity contribution in [1.82, 2.24) is 0 Å². The van der Waals surface area contributed by atoms with Gasteiger partial charge in [-0.3, -0.25) is 4.79 Å². The van der Waals surface area contributed by atoms with Crippen LogP contribution in [0.25, 0.3) is 6.08 Å². The fourth-order valence-corrected chi connectivity index (χ4v) is 2.66. The van der Waals surface area contributed by atoms with E-state index in [2.05, 4.69) is 4.74 Å². The molecule has 0 heterocycles. The van der Waals surface area contributed by atoms with Gasteiger partial charge in [0, 0.05) is 12.5 Å². The molecule has 1 aliphatic rings. The minimum atomic E-state index is -2.03. The Kier molecular flexibility index (Phi) is 6.19. The highest BCUT2D eigenvalue weighted by Crippen LogP contribution is 2.31. The summed E-state index contributed by atoms with van der Waals surface area (Å²) in [5, 5.41) is 39.3. The van der Waals surface area contributed by atoms with E-state index in [1.54, 1.807) is 0 Å². The SMILES string of the molecule is COc1cc(C=CC(=O)OC2C[C@@](O)(OC=O)CC(O)[C@@H]2O)ccc1O. The highest BCUT2D eigenvalue weighted by molar-refractivity contribution is 5.87. The first kappa shape index (κ1) is 19.7. The molecule has 1 aromatic carbocycles. The maximum absolute atomic E-state index is 12.0. The molecule has 1 fully saturated rings. The van der Waals surface area contributed by atoms with Gasteiger partial charge in [-0.05, 0) is 23.8 Å². The number of aromatic hydroxyl groups is 1. The number of phenolic OH excluding ortho intramolecular Hbond substituents is 1. The second-order valence-corrected chi connectivity index (χ2v) is 5.87. The van der Waals surface area contributed by atoms with Gasteiger partial charge in [0.05, 0.1) is 19.6 Å². The summed E-state index contributed by atoms with van der Waals surface area (Å²) < 4.78 is 14.5. The van der Waals surface area contributed by atoms with Gasteiger partial charge in [0.2, 0.25) is 5.79 Å². The van der Waals surface area contributed by atoms with Crippen LogP contribution >= 0.6 is 0 Å². The highest BCUT2D eigenvalue weighted by Gasteiger charge is 2.47. The fraction of sp³-hybridized carbons (Fsp3) is 0.412.